The van der Waals surface area contributed by atoms with E-state index >= 15 is 0 Å². The zero-order chi connectivity index (χ0) is 20.0. The van der Waals surface area contributed by atoms with Gasteiger partial charge in [-0.3, -0.25) is 9.36 Å². The van der Waals surface area contributed by atoms with Crippen molar-refractivity contribution in [1.82, 2.24) is 19.2 Å². The van der Waals surface area contributed by atoms with E-state index in [0.29, 0.717) is 23.7 Å². The second-order valence-corrected chi connectivity index (χ2v) is 8.18. The Kier molecular flexibility index (Phi) is 4.17. The highest BCUT2D eigenvalue weighted by Crippen LogP contribution is 2.27. The fourth-order valence-corrected chi connectivity index (χ4v) is 4.45. The number of fused-ring (bicyclic) bond motifs is 2. The zero-order valence-electron chi connectivity index (χ0n) is 16.1. The number of nitrogens with one attached hydrogen (secondary N) is 1. The predicted molar refractivity (Wildman–Crippen MR) is 117 cm³/mol. The van der Waals surface area contributed by atoms with Crippen molar-refractivity contribution in [2.24, 2.45) is 0 Å². The van der Waals surface area contributed by atoms with Gasteiger partial charge in [0.05, 0.1) is 11.9 Å². The van der Waals surface area contributed by atoms with Crippen LogP contribution in [-0.2, 0) is 6.54 Å². The normalized spacial score (nSPS) is 11.4. The summed E-state index contributed by atoms with van der Waals surface area (Å²) in [5.41, 5.74) is 2.86. The lowest BCUT2D eigenvalue weighted by molar-refractivity contribution is 0.821. The molecule has 0 unspecified atom stereocenters. The third-order valence-corrected chi connectivity index (χ3v) is 6.17. The summed E-state index contributed by atoms with van der Waals surface area (Å²) in [6.07, 6.45) is 0. The lowest BCUT2D eigenvalue weighted by Gasteiger charge is -2.09. The molecule has 3 aromatic heterocycles. The van der Waals surface area contributed by atoms with Crippen molar-refractivity contribution < 1.29 is 0 Å². The fourth-order valence-electron chi connectivity index (χ4n) is 3.44. The van der Waals surface area contributed by atoms with Gasteiger partial charge in [0.1, 0.15) is 4.83 Å². The number of hydrogen-bond acceptors (Lipinski definition) is 5. The standard InChI is InChI=1S/C22H19N5OS/c1-14-15(2)29-19-18(14)20(28)27-22(24-19)26(13-16-9-5-3-6-10-16)21(25-27)23-17-11-7-4-8-12-17/h3-12H,13H2,1-2H3,(H,23,25). The van der Waals surface area contributed by atoms with Gasteiger partial charge in [0.15, 0.2) is 0 Å². The van der Waals surface area contributed by atoms with Crippen LogP contribution in [0.4, 0.5) is 11.6 Å². The Morgan fingerprint density at radius 1 is 1.00 bits per heavy atom. The molecule has 0 saturated carbocycles. The largest absolute Gasteiger partial charge is 0.324 e. The van der Waals surface area contributed by atoms with Crippen LogP contribution in [0, 0.1) is 13.8 Å². The van der Waals surface area contributed by atoms with E-state index in [4.69, 9.17) is 4.98 Å². The first-order valence-electron chi connectivity index (χ1n) is 9.37. The average molecular weight is 401 g/mol. The Morgan fingerprint density at radius 3 is 2.41 bits per heavy atom. The van der Waals surface area contributed by atoms with Crippen LogP contribution >= 0.6 is 11.3 Å². The number of rotatable bonds is 4. The Labute approximate surface area is 171 Å². The molecule has 6 nitrogen and oxygen atoms in total. The summed E-state index contributed by atoms with van der Waals surface area (Å²) in [4.78, 5) is 19.9. The number of benzene rings is 2. The van der Waals surface area contributed by atoms with Crippen LogP contribution in [0.1, 0.15) is 16.0 Å². The average Bonchev–Trinajstić information content (AvgIpc) is 3.21. The molecule has 5 rings (SSSR count). The quantitative estimate of drug-likeness (QED) is 0.481. The summed E-state index contributed by atoms with van der Waals surface area (Å²) in [7, 11) is 0. The molecular weight excluding hydrogens is 382 g/mol. The van der Waals surface area contributed by atoms with E-state index in [1.807, 2.05) is 66.9 Å². The number of para-hydroxylation sites is 1. The van der Waals surface area contributed by atoms with Gasteiger partial charge in [-0.1, -0.05) is 48.5 Å². The SMILES string of the molecule is Cc1sc2nc3n(Cc4ccccc4)c(Nc4ccccc4)nn3c(=O)c2c1C. The highest BCUT2D eigenvalue weighted by atomic mass is 32.1. The van der Waals surface area contributed by atoms with Crippen LogP contribution in [-0.4, -0.2) is 19.2 Å². The van der Waals surface area contributed by atoms with Gasteiger partial charge in [0.25, 0.3) is 5.56 Å². The molecule has 0 aliphatic heterocycles. The minimum absolute atomic E-state index is 0.130. The van der Waals surface area contributed by atoms with Crippen molar-refractivity contribution in [2.45, 2.75) is 20.4 Å². The van der Waals surface area contributed by atoms with Gasteiger partial charge in [-0.05, 0) is 37.1 Å². The van der Waals surface area contributed by atoms with Gasteiger partial charge in [-0.2, -0.15) is 4.52 Å². The molecular formula is C22H19N5OS. The summed E-state index contributed by atoms with van der Waals surface area (Å²) < 4.78 is 3.36. The molecule has 7 heteroatoms. The molecule has 0 aliphatic carbocycles. The number of hydrogen-bond donors (Lipinski definition) is 1. The first kappa shape index (κ1) is 17.6. The van der Waals surface area contributed by atoms with Gasteiger partial charge in [0.2, 0.25) is 11.7 Å². The van der Waals surface area contributed by atoms with Crippen molar-refractivity contribution in [3.05, 3.63) is 87.0 Å². The van der Waals surface area contributed by atoms with Crippen LogP contribution in [0.5, 0.6) is 0 Å². The Balaban J connectivity index is 1.75. The monoisotopic (exact) mass is 401 g/mol. The van der Waals surface area contributed by atoms with E-state index in [2.05, 4.69) is 22.5 Å². The summed E-state index contributed by atoms with van der Waals surface area (Å²) in [5, 5.41) is 8.59. The summed E-state index contributed by atoms with van der Waals surface area (Å²) in [5.74, 6) is 1.11. The van der Waals surface area contributed by atoms with Gasteiger partial charge in [0, 0.05) is 10.6 Å². The summed E-state index contributed by atoms with van der Waals surface area (Å²) in [6.45, 7) is 4.54. The number of thiophene rings is 1. The fraction of sp³-hybridized carbons (Fsp3) is 0.136. The van der Waals surface area contributed by atoms with Crippen molar-refractivity contribution in [3.63, 3.8) is 0 Å². The lowest BCUT2D eigenvalue weighted by atomic mass is 10.2. The Morgan fingerprint density at radius 2 is 1.69 bits per heavy atom. The third kappa shape index (κ3) is 3.00. The maximum Gasteiger partial charge on any atom is 0.284 e. The maximum absolute atomic E-state index is 13.2. The van der Waals surface area contributed by atoms with Gasteiger partial charge < -0.3 is 5.32 Å². The first-order chi connectivity index (χ1) is 14.1. The molecule has 0 fully saturated rings. The molecule has 0 spiro atoms. The highest BCUT2D eigenvalue weighted by molar-refractivity contribution is 7.18. The number of nitrogens with zero attached hydrogens (tertiary/aromatic N) is 4. The minimum Gasteiger partial charge on any atom is -0.324 e. The van der Waals surface area contributed by atoms with Crippen LogP contribution < -0.4 is 10.9 Å². The van der Waals surface area contributed by atoms with Crippen molar-refractivity contribution >= 4 is 39.0 Å². The molecule has 144 valence electrons. The molecule has 0 aliphatic rings. The zero-order valence-corrected chi connectivity index (χ0v) is 16.9. The summed E-state index contributed by atoms with van der Waals surface area (Å²) >= 11 is 1.55. The third-order valence-electron chi connectivity index (χ3n) is 5.07. The second kappa shape index (κ2) is 6.86. The number of aryl methyl sites for hydroxylation is 2. The van der Waals surface area contributed by atoms with Gasteiger partial charge in [-0.25, -0.2) is 4.98 Å². The van der Waals surface area contributed by atoms with Crippen LogP contribution in [0.15, 0.2) is 65.5 Å². The molecule has 2 aromatic carbocycles. The molecule has 0 saturated heterocycles. The smallest absolute Gasteiger partial charge is 0.284 e. The number of anilines is 2. The van der Waals surface area contributed by atoms with E-state index in [0.717, 1.165) is 26.5 Å². The maximum atomic E-state index is 13.2. The Bertz CT molecular complexity index is 1380. The molecule has 29 heavy (non-hydrogen) atoms. The lowest BCUT2D eigenvalue weighted by Crippen LogP contribution is -2.16. The first-order valence-corrected chi connectivity index (χ1v) is 10.2. The second-order valence-electron chi connectivity index (χ2n) is 6.98. The molecule has 0 amide bonds. The van der Waals surface area contributed by atoms with E-state index < -0.39 is 0 Å². The highest BCUT2D eigenvalue weighted by Gasteiger charge is 2.19. The molecule has 0 bridgehead atoms. The van der Waals surface area contributed by atoms with Crippen LogP contribution in [0.3, 0.4) is 0 Å². The van der Waals surface area contributed by atoms with Crippen LogP contribution in [0.25, 0.3) is 16.0 Å². The van der Waals surface area contributed by atoms with Gasteiger partial charge in [-0.15, -0.1) is 16.4 Å². The van der Waals surface area contributed by atoms with Gasteiger partial charge >= 0.3 is 0 Å². The predicted octanol–water partition coefficient (Wildman–Crippen LogP) is 4.51. The summed E-state index contributed by atoms with van der Waals surface area (Å²) in [6, 6.07) is 19.9. The van der Waals surface area contributed by atoms with Crippen molar-refractivity contribution in [1.29, 1.82) is 0 Å². The molecule has 0 atom stereocenters. The Hall–Kier alpha value is -3.45. The molecule has 1 N–H and O–H groups in total. The van der Waals surface area contributed by atoms with Crippen molar-refractivity contribution in [2.75, 3.05) is 5.32 Å². The molecule has 0 radical (unpaired) electrons. The van der Waals surface area contributed by atoms with Crippen molar-refractivity contribution in [3.8, 4) is 0 Å². The van der Waals surface area contributed by atoms with E-state index in [-0.39, 0.29) is 5.56 Å². The number of aromatic nitrogens is 4. The van der Waals surface area contributed by atoms with Crippen LogP contribution in [0.2, 0.25) is 0 Å². The molecule has 5 aromatic rings. The van der Waals surface area contributed by atoms with E-state index in [1.54, 1.807) is 11.3 Å². The topological polar surface area (TPSA) is 64.2 Å². The van der Waals surface area contributed by atoms with E-state index in [9.17, 15) is 4.79 Å². The minimum atomic E-state index is -0.130. The molecule has 3 heterocycles. The van der Waals surface area contributed by atoms with E-state index in [1.165, 1.54) is 4.52 Å².